The minimum Gasteiger partial charge on any atom is -0.461 e. The Kier molecular flexibility index (Phi) is 3.67. The average molecular weight is 130 g/mol. The minimum atomic E-state index is -0.227. The molecule has 0 radical (unpaired) electrons. The lowest BCUT2D eigenvalue weighted by Gasteiger charge is -1.95. The van der Waals surface area contributed by atoms with Crippen LogP contribution in [0.2, 0.25) is 0 Å². The Morgan fingerprint density at radius 2 is 2.33 bits per heavy atom. The summed E-state index contributed by atoms with van der Waals surface area (Å²) in [6.07, 6.45) is 0. The second-order valence-corrected chi connectivity index (χ2v) is 1.82. The number of hydrogen-bond donors (Lipinski definition) is 0. The standard InChI is InChI=1S/C6H12NO2/c1-4-9-6(8)5-7(2)3/h2,4-5H2,1,3H3/q+1. The van der Waals surface area contributed by atoms with Crippen molar-refractivity contribution in [2.75, 3.05) is 20.2 Å². The molecular weight excluding hydrogens is 118 g/mol. The topological polar surface area (TPSA) is 29.3 Å². The van der Waals surface area contributed by atoms with Gasteiger partial charge in [0.1, 0.15) is 13.8 Å². The van der Waals surface area contributed by atoms with E-state index in [4.69, 9.17) is 0 Å². The molecular formula is C6H12NO2+. The Labute approximate surface area is 54.9 Å². The van der Waals surface area contributed by atoms with E-state index in [9.17, 15) is 4.79 Å². The average Bonchev–Trinajstić information content (AvgIpc) is 1.63. The van der Waals surface area contributed by atoms with Crippen LogP contribution in [0.1, 0.15) is 6.92 Å². The van der Waals surface area contributed by atoms with Crippen LogP contribution in [0.25, 0.3) is 0 Å². The summed E-state index contributed by atoms with van der Waals surface area (Å²) >= 11 is 0. The highest BCUT2D eigenvalue weighted by molar-refractivity contribution is 5.70. The zero-order valence-corrected chi connectivity index (χ0v) is 5.89. The van der Waals surface area contributed by atoms with E-state index in [1.54, 1.807) is 14.0 Å². The van der Waals surface area contributed by atoms with Crippen molar-refractivity contribution in [3.63, 3.8) is 0 Å². The molecule has 0 saturated carbocycles. The molecule has 0 unspecified atom stereocenters. The van der Waals surface area contributed by atoms with E-state index in [2.05, 4.69) is 11.5 Å². The van der Waals surface area contributed by atoms with Gasteiger partial charge in [-0.15, -0.1) is 0 Å². The van der Waals surface area contributed by atoms with Crippen molar-refractivity contribution in [2.45, 2.75) is 6.92 Å². The van der Waals surface area contributed by atoms with Crippen LogP contribution in [-0.2, 0) is 9.53 Å². The molecule has 0 saturated heterocycles. The van der Waals surface area contributed by atoms with E-state index in [0.717, 1.165) is 0 Å². The number of carbonyl (C=O) groups excluding carboxylic acids is 1. The van der Waals surface area contributed by atoms with Gasteiger partial charge in [-0.25, -0.2) is 9.37 Å². The van der Waals surface area contributed by atoms with Gasteiger partial charge in [0, 0.05) is 0 Å². The quantitative estimate of drug-likeness (QED) is 0.303. The molecule has 0 N–H and O–H groups in total. The third-order valence-corrected chi connectivity index (χ3v) is 0.704. The fourth-order valence-corrected chi connectivity index (χ4v) is 0.427. The van der Waals surface area contributed by atoms with Gasteiger partial charge in [-0.3, -0.25) is 0 Å². The summed E-state index contributed by atoms with van der Waals surface area (Å²) in [5.74, 6) is -0.227. The number of ether oxygens (including phenoxy) is 1. The number of likely N-dealkylation sites (N-methyl/N-ethyl adjacent to an activating group) is 1. The zero-order valence-electron chi connectivity index (χ0n) is 5.89. The van der Waals surface area contributed by atoms with Crippen molar-refractivity contribution in [1.82, 2.24) is 0 Å². The maximum Gasteiger partial charge on any atom is 0.372 e. The third-order valence-electron chi connectivity index (χ3n) is 0.704. The summed E-state index contributed by atoms with van der Waals surface area (Å²) < 4.78 is 6.16. The van der Waals surface area contributed by atoms with Gasteiger partial charge in [0.15, 0.2) is 0 Å². The first kappa shape index (κ1) is 8.14. The predicted octanol–water partition coefficient (Wildman–Crippen LogP) is -0.108. The maximum atomic E-state index is 10.5. The fraction of sp³-hybridized carbons (Fsp3) is 0.667. The molecule has 3 heteroatoms. The van der Waals surface area contributed by atoms with Crippen LogP contribution in [-0.4, -0.2) is 37.5 Å². The lowest BCUT2D eigenvalue weighted by molar-refractivity contribution is -0.478. The van der Waals surface area contributed by atoms with Crippen LogP contribution in [0.3, 0.4) is 0 Å². The monoisotopic (exact) mass is 130 g/mol. The van der Waals surface area contributed by atoms with Crippen molar-refractivity contribution in [3.05, 3.63) is 0 Å². The molecule has 0 spiro atoms. The summed E-state index contributed by atoms with van der Waals surface area (Å²) in [6, 6.07) is 0. The first-order chi connectivity index (χ1) is 4.16. The molecule has 9 heavy (non-hydrogen) atoms. The van der Waals surface area contributed by atoms with Crippen molar-refractivity contribution in [2.24, 2.45) is 0 Å². The second-order valence-electron chi connectivity index (χ2n) is 1.82. The van der Waals surface area contributed by atoms with Crippen LogP contribution >= 0.6 is 0 Å². The van der Waals surface area contributed by atoms with Crippen molar-refractivity contribution in [1.29, 1.82) is 0 Å². The molecule has 0 bridgehead atoms. The lowest BCUT2D eigenvalue weighted by atomic mass is 10.6. The highest BCUT2D eigenvalue weighted by Gasteiger charge is 2.04. The SMILES string of the molecule is C=[N+](C)CC(=O)OCC. The molecule has 52 valence electrons. The maximum absolute atomic E-state index is 10.5. The van der Waals surface area contributed by atoms with Crippen molar-refractivity contribution >= 4 is 12.7 Å². The Bertz CT molecular complexity index is 120. The van der Waals surface area contributed by atoms with E-state index in [1.807, 2.05) is 0 Å². The van der Waals surface area contributed by atoms with E-state index < -0.39 is 0 Å². The van der Waals surface area contributed by atoms with Crippen molar-refractivity contribution in [3.8, 4) is 0 Å². The van der Waals surface area contributed by atoms with Gasteiger partial charge in [-0.2, -0.15) is 0 Å². The summed E-state index contributed by atoms with van der Waals surface area (Å²) in [5, 5.41) is 0. The molecule has 0 aliphatic rings. The molecule has 0 fully saturated rings. The first-order valence-electron chi connectivity index (χ1n) is 2.84. The normalized spacial score (nSPS) is 8.67. The summed E-state index contributed by atoms with van der Waals surface area (Å²) in [4.78, 5) is 10.5. The first-order valence-corrected chi connectivity index (χ1v) is 2.84. The Morgan fingerprint density at radius 1 is 1.78 bits per heavy atom. The Morgan fingerprint density at radius 3 is 2.67 bits per heavy atom. The number of esters is 1. The third kappa shape index (κ3) is 5.00. The largest absolute Gasteiger partial charge is 0.461 e. The second kappa shape index (κ2) is 4.06. The Balaban J connectivity index is 3.39. The highest BCUT2D eigenvalue weighted by atomic mass is 16.5. The van der Waals surface area contributed by atoms with Gasteiger partial charge >= 0.3 is 5.97 Å². The lowest BCUT2D eigenvalue weighted by Crippen LogP contribution is -2.18. The van der Waals surface area contributed by atoms with E-state index in [1.165, 1.54) is 4.58 Å². The predicted molar refractivity (Wildman–Crippen MR) is 34.8 cm³/mol. The van der Waals surface area contributed by atoms with Gasteiger partial charge < -0.3 is 4.74 Å². The number of hydrogen-bond acceptors (Lipinski definition) is 2. The van der Waals surface area contributed by atoms with Gasteiger partial charge in [0.2, 0.25) is 6.54 Å². The van der Waals surface area contributed by atoms with Gasteiger partial charge in [0.25, 0.3) is 0 Å². The minimum absolute atomic E-state index is 0.227. The Hall–Kier alpha value is -0.860. The number of nitrogens with zero attached hydrogens (tertiary/aromatic N) is 1. The smallest absolute Gasteiger partial charge is 0.372 e. The zero-order chi connectivity index (χ0) is 7.28. The van der Waals surface area contributed by atoms with Crippen LogP contribution in [0, 0.1) is 0 Å². The molecule has 0 aromatic heterocycles. The highest BCUT2D eigenvalue weighted by Crippen LogP contribution is 1.76. The molecule has 0 aliphatic heterocycles. The van der Waals surface area contributed by atoms with Gasteiger partial charge in [0.05, 0.1) is 6.61 Å². The van der Waals surface area contributed by atoms with Crippen molar-refractivity contribution < 1.29 is 14.1 Å². The van der Waals surface area contributed by atoms with Crippen LogP contribution < -0.4 is 0 Å². The number of carbonyl (C=O) groups is 1. The molecule has 0 aromatic carbocycles. The van der Waals surface area contributed by atoms with E-state index in [0.29, 0.717) is 6.61 Å². The summed E-state index contributed by atoms with van der Waals surface area (Å²) in [6.45, 7) is 5.97. The molecule has 0 aliphatic carbocycles. The van der Waals surface area contributed by atoms with E-state index in [-0.39, 0.29) is 12.5 Å². The van der Waals surface area contributed by atoms with Gasteiger partial charge in [-0.05, 0) is 6.92 Å². The van der Waals surface area contributed by atoms with Crippen LogP contribution in [0.4, 0.5) is 0 Å². The summed E-state index contributed by atoms with van der Waals surface area (Å²) in [5.41, 5.74) is 0. The van der Waals surface area contributed by atoms with Crippen LogP contribution in [0.5, 0.6) is 0 Å². The molecule has 3 nitrogen and oxygen atoms in total. The number of rotatable bonds is 3. The van der Waals surface area contributed by atoms with E-state index >= 15 is 0 Å². The molecule has 0 amide bonds. The molecule has 0 atom stereocenters. The van der Waals surface area contributed by atoms with Gasteiger partial charge in [-0.1, -0.05) is 0 Å². The molecule has 0 aromatic rings. The molecule has 0 heterocycles. The fourth-order valence-electron chi connectivity index (χ4n) is 0.427. The molecule has 0 rings (SSSR count). The van der Waals surface area contributed by atoms with Crippen LogP contribution in [0.15, 0.2) is 0 Å². The summed E-state index contributed by atoms with van der Waals surface area (Å²) in [7, 11) is 1.72.